The molecule has 2 heterocycles. The Morgan fingerprint density at radius 1 is 1.40 bits per heavy atom. The number of para-hydroxylation sites is 1. The highest BCUT2D eigenvalue weighted by Gasteiger charge is 2.26. The van der Waals surface area contributed by atoms with Crippen LogP contribution in [-0.4, -0.2) is 24.4 Å². The minimum Gasteiger partial charge on any atom is -0.472 e. The summed E-state index contributed by atoms with van der Waals surface area (Å²) < 4.78 is 5.04. The van der Waals surface area contributed by atoms with Crippen LogP contribution < -0.4 is 5.32 Å². The van der Waals surface area contributed by atoms with Crippen molar-refractivity contribution >= 4 is 11.6 Å². The second-order valence-corrected chi connectivity index (χ2v) is 5.26. The predicted molar refractivity (Wildman–Crippen MR) is 77.3 cm³/mol. The van der Waals surface area contributed by atoms with Crippen molar-refractivity contribution in [1.29, 1.82) is 0 Å². The van der Waals surface area contributed by atoms with Crippen LogP contribution in [0.25, 0.3) is 0 Å². The van der Waals surface area contributed by atoms with Gasteiger partial charge in [-0.1, -0.05) is 18.2 Å². The zero-order valence-corrected chi connectivity index (χ0v) is 11.5. The molecule has 1 amide bonds. The Labute approximate surface area is 118 Å². The molecule has 1 aliphatic heterocycles. The highest BCUT2D eigenvalue weighted by atomic mass is 16.3. The molecule has 104 valence electrons. The van der Waals surface area contributed by atoms with Crippen LogP contribution in [0.2, 0.25) is 0 Å². The Kier molecular flexibility index (Phi) is 3.46. The summed E-state index contributed by atoms with van der Waals surface area (Å²) in [4.78, 5) is 14.3. The Morgan fingerprint density at radius 3 is 3.05 bits per heavy atom. The first kappa shape index (κ1) is 12.8. The summed E-state index contributed by atoms with van der Waals surface area (Å²) >= 11 is 0. The molecule has 1 N–H and O–H groups in total. The number of nitrogens with one attached hydrogen (secondary N) is 1. The second-order valence-electron chi connectivity index (χ2n) is 5.26. The zero-order valence-electron chi connectivity index (χ0n) is 11.5. The van der Waals surface area contributed by atoms with Crippen molar-refractivity contribution in [3.05, 3.63) is 54.0 Å². The van der Waals surface area contributed by atoms with E-state index in [2.05, 4.69) is 17.4 Å². The van der Waals surface area contributed by atoms with Gasteiger partial charge in [0, 0.05) is 31.4 Å². The van der Waals surface area contributed by atoms with Crippen LogP contribution in [-0.2, 0) is 17.8 Å². The lowest BCUT2D eigenvalue weighted by Crippen LogP contribution is -2.39. The normalized spacial score (nSPS) is 17.1. The topological polar surface area (TPSA) is 45.5 Å². The molecule has 0 saturated heterocycles. The van der Waals surface area contributed by atoms with Gasteiger partial charge < -0.3 is 14.6 Å². The maximum atomic E-state index is 12.5. The molecule has 4 heteroatoms. The average Bonchev–Trinajstić information content (AvgIpc) is 2.99. The number of amides is 1. The van der Waals surface area contributed by atoms with E-state index >= 15 is 0 Å². The summed E-state index contributed by atoms with van der Waals surface area (Å²) in [6, 6.07) is 10.1. The third-order valence-corrected chi connectivity index (χ3v) is 3.75. The van der Waals surface area contributed by atoms with E-state index in [1.165, 1.54) is 5.56 Å². The van der Waals surface area contributed by atoms with E-state index < -0.39 is 0 Å². The first-order valence-electron chi connectivity index (χ1n) is 6.82. The van der Waals surface area contributed by atoms with Crippen molar-refractivity contribution < 1.29 is 9.21 Å². The van der Waals surface area contributed by atoms with Gasteiger partial charge in [0.2, 0.25) is 5.91 Å². The number of nitrogens with zero attached hydrogens (tertiary/aromatic N) is 1. The first-order chi connectivity index (χ1) is 9.74. The van der Waals surface area contributed by atoms with E-state index in [1.54, 1.807) is 17.4 Å². The van der Waals surface area contributed by atoms with Crippen molar-refractivity contribution in [2.24, 2.45) is 5.92 Å². The van der Waals surface area contributed by atoms with E-state index in [0.717, 1.165) is 17.7 Å². The number of furan rings is 1. The fourth-order valence-corrected chi connectivity index (χ4v) is 2.66. The number of carbonyl (C=O) groups is 1. The van der Waals surface area contributed by atoms with Gasteiger partial charge in [-0.15, -0.1) is 0 Å². The summed E-state index contributed by atoms with van der Waals surface area (Å²) in [7, 11) is 1.84. The lowest BCUT2D eigenvalue weighted by atomic mass is 9.93. The average molecular weight is 270 g/mol. The van der Waals surface area contributed by atoms with Crippen LogP contribution in [0.1, 0.15) is 11.1 Å². The van der Waals surface area contributed by atoms with Crippen LogP contribution in [0, 0.1) is 5.92 Å². The Bertz CT molecular complexity index is 592. The number of rotatable bonds is 3. The first-order valence-corrected chi connectivity index (χ1v) is 6.82. The van der Waals surface area contributed by atoms with Crippen LogP contribution in [0.15, 0.2) is 47.3 Å². The Morgan fingerprint density at radius 2 is 2.25 bits per heavy atom. The molecule has 0 spiro atoms. The summed E-state index contributed by atoms with van der Waals surface area (Å²) in [6.45, 7) is 1.29. The number of anilines is 1. The summed E-state index contributed by atoms with van der Waals surface area (Å²) in [5, 5.41) is 3.34. The molecule has 0 aliphatic carbocycles. The van der Waals surface area contributed by atoms with Crippen molar-refractivity contribution in [2.45, 2.75) is 13.0 Å². The van der Waals surface area contributed by atoms with E-state index in [-0.39, 0.29) is 11.8 Å². The SMILES string of the molecule is CN(Cc1ccoc1)C(=O)C1CNc2ccccc2C1. The monoisotopic (exact) mass is 270 g/mol. The van der Waals surface area contributed by atoms with Crippen LogP contribution in [0.5, 0.6) is 0 Å². The molecule has 0 saturated carbocycles. The van der Waals surface area contributed by atoms with Crippen molar-refractivity contribution in [2.75, 3.05) is 18.9 Å². The number of hydrogen-bond donors (Lipinski definition) is 1. The lowest BCUT2D eigenvalue weighted by Gasteiger charge is -2.28. The molecule has 0 radical (unpaired) electrons. The lowest BCUT2D eigenvalue weighted by molar-refractivity contribution is -0.134. The third-order valence-electron chi connectivity index (χ3n) is 3.75. The molecule has 1 unspecified atom stereocenters. The van der Waals surface area contributed by atoms with Crippen molar-refractivity contribution in [1.82, 2.24) is 4.90 Å². The summed E-state index contributed by atoms with van der Waals surface area (Å²) in [5.41, 5.74) is 3.38. The van der Waals surface area contributed by atoms with Crippen molar-refractivity contribution in [3.8, 4) is 0 Å². The predicted octanol–water partition coefficient (Wildman–Crippen LogP) is 2.52. The summed E-state index contributed by atoms with van der Waals surface area (Å²) in [6.07, 6.45) is 4.11. The molecule has 4 nitrogen and oxygen atoms in total. The zero-order chi connectivity index (χ0) is 13.9. The van der Waals surface area contributed by atoms with Gasteiger partial charge in [0.15, 0.2) is 0 Å². The van der Waals surface area contributed by atoms with E-state index in [4.69, 9.17) is 4.42 Å². The quantitative estimate of drug-likeness (QED) is 0.932. The molecule has 20 heavy (non-hydrogen) atoms. The molecular formula is C16H18N2O2. The Hall–Kier alpha value is -2.23. The molecule has 1 aliphatic rings. The largest absolute Gasteiger partial charge is 0.472 e. The second kappa shape index (κ2) is 5.41. The highest BCUT2D eigenvalue weighted by molar-refractivity contribution is 5.80. The molecule has 0 fully saturated rings. The van der Waals surface area contributed by atoms with E-state index in [1.807, 2.05) is 25.2 Å². The van der Waals surface area contributed by atoms with Crippen LogP contribution >= 0.6 is 0 Å². The van der Waals surface area contributed by atoms with Gasteiger partial charge in [0.1, 0.15) is 0 Å². The van der Waals surface area contributed by atoms with Gasteiger partial charge in [-0.2, -0.15) is 0 Å². The van der Waals surface area contributed by atoms with Gasteiger partial charge in [-0.25, -0.2) is 0 Å². The van der Waals surface area contributed by atoms with Gasteiger partial charge in [-0.3, -0.25) is 4.79 Å². The fraction of sp³-hybridized carbons (Fsp3) is 0.312. The minimum absolute atomic E-state index is 0.00167. The van der Waals surface area contributed by atoms with Gasteiger partial charge in [0.25, 0.3) is 0 Å². The van der Waals surface area contributed by atoms with E-state index in [0.29, 0.717) is 13.1 Å². The number of benzene rings is 1. The van der Waals surface area contributed by atoms with Gasteiger partial charge >= 0.3 is 0 Å². The Balaban J connectivity index is 1.66. The third kappa shape index (κ3) is 2.54. The van der Waals surface area contributed by atoms with Crippen molar-refractivity contribution in [3.63, 3.8) is 0 Å². The standard InChI is InChI=1S/C16H18N2O2/c1-18(10-12-6-7-20-11-12)16(19)14-8-13-4-2-3-5-15(13)17-9-14/h2-7,11,14,17H,8-10H2,1H3. The fourth-order valence-electron chi connectivity index (χ4n) is 2.66. The maximum Gasteiger partial charge on any atom is 0.227 e. The number of fused-ring (bicyclic) bond motifs is 1. The number of carbonyl (C=O) groups excluding carboxylic acids is 1. The number of hydrogen-bond acceptors (Lipinski definition) is 3. The molecule has 3 rings (SSSR count). The molecule has 1 aromatic carbocycles. The molecular weight excluding hydrogens is 252 g/mol. The molecule has 1 aromatic heterocycles. The minimum atomic E-state index is 0.00167. The highest BCUT2D eigenvalue weighted by Crippen LogP contribution is 2.25. The van der Waals surface area contributed by atoms with Gasteiger partial charge in [-0.05, 0) is 24.1 Å². The van der Waals surface area contributed by atoms with Crippen LogP contribution in [0.4, 0.5) is 5.69 Å². The smallest absolute Gasteiger partial charge is 0.227 e. The molecule has 2 aromatic rings. The maximum absolute atomic E-state index is 12.5. The summed E-state index contributed by atoms with van der Waals surface area (Å²) in [5.74, 6) is 0.176. The molecule has 1 atom stereocenters. The van der Waals surface area contributed by atoms with Gasteiger partial charge in [0.05, 0.1) is 18.4 Å². The molecule has 0 bridgehead atoms. The van der Waals surface area contributed by atoms with Crippen LogP contribution in [0.3, 0.4) is 0 Å². The van der Waals surface area contributed by atoms with E-state index in [9.17, 15) is 4.79 Å².